The second kappa shape index (κ2) is 44.0. The summed E-state index contributed by atoms with van der Waals surface area (Å²) in [6.45, 7) is 13.7. The summed E-state index contributed by atoms with van der Waals surface area (Å²) in [5.41, 5.74) is 51.9. The van der Waals surface area contributed by atoms with Gasteiger partial charge in [-0.1, -0.05) is 178 Å². The molecule has 0 bridgehead atoms. The molecule has 0 aliphatic carbocycles. The maximum atomic E-state index is 13.6. The van der Waals surface area contributed by atoms with Crippen molar-refractivity contribution in [3.63, 3.8) is 0 Å². The first-order valence-corrected chi connectivity index (χ1v) is 40.5. The molecule has 0 saturated carbocycles. The van der Waals surface area contributed by atoms with Crippen LogP contribution in [0.1, 0.15) is 85.3 Å². The standard InChI is InChI=1S/C13H13Cl2N3.C13H14ClN3.C13H12F3N3.C13H14N6.C12H10ClF3N4.C12H11ClFN3.C12H11F2N3/c1-3-10-7(2)12(18-13(16)17-10)8-5-4-6-9(14)11(8)15;1-3-9-7-12(17-13(15)16-9)10-5-4-6-11(14)8(10)2;1-2-8-7-11(19-12(17)18-8)9-5-3-4-6-10(9)13(14,15)16;1-15-12-6-10(17-13(14)18-12)8-4-3-5-11-9(8)7-16-19(11)2;1-18-9-5-8(19-11(17)20-9)6-3-2-4-7(10(6)13)12(14,15)16;1-2-7-6-10(17-12(15)16-7)8-4-3-5-9(14)11(8)13;1-2-7-6-10(17-12(15)16-7)8-4-3-5-9(13)11(8)14/h4-6H,3H2,1-2H3,(H2,16,17,18);4-7H,3H2,1-2H3,(H2,15,16,17);3-7H,2H2,1H3,(H2,17,18,19);3-7H,1-2H3,(H3,14,15,17,18);2-5H,1H3,(H3,17,18,19,20);2*3-6H,2H2,1H3,(H2,15,16,17). The lowest BCUT2D eigenvalue weighted by atomic mass is 10.0. The molecule has 39 heteroatoms. The first-order valence-electron chi connectivity index (χ1n) is 38.7. The molecule has 0 amide bonds. The van der Waals surface area contributed by atoms with Crippen LogP contribution < -0.4 is 50.8 Å². The van der Waals surface area contributed by atoms with E-state index in [0.717, 1.165) is 115 Å². The van der Waals surface area contributed by atoms with E-state index in [-0.39, 0.29) is 68.8 Å². The van der Waals surface area contributed by atoms with E-state index in [4.69, 9.17) is 98.1 Å². The monoisotopic (exact) mass is 1840 g/mol. The molecule has 16 N–H and O–H groups in total. The Kier molecular flexibility index (Phi) is 33.7. The lowest BCUT2D eigenvalue weighted by Crippen LogP contribution is -2.08. The van der Waals surface area contributed by atoms with Crippen molar-refractivity contribution in [1.29, 1.82) is 0 Å². The van der Waals surface area contributed by atoms with Crippen LogP contribution in [0, 0.1) is 31.3 Å². The number of rotatable bonds is 14. The summed E-state index contributed by atoms with van der Waals surface area (Å²) < 4.78 is 119. The number of anilines is 9. The fraction of sp³-hybridized carbons (Fsp3) is 0.193. The smallest absolute Gasteiger partial charge is 0.373 e. The Morgan fingerprint density at radius 2 is 0.717 bits per heavy atom. The summed E-state index contributed by atoms with van der Waals surface area (Å²) >= 11 is 30.1. The average Bonchev–Trinajstić information content (AvgIpc) is 1.45. The zero-order valence-corrected chi connectivity index (χ0v) is 73.5. The summed E-state index contributed by atoms with van der Waals surface area (Å²) in [4.78, 5) is 57.0. The number of nitrogens with two attached hydrogens (primary N) is 7. The molecular formula is C88H85Cl5F9N25. The van der Waals surface area contributed by atoms with E-state index in [1.165, 1.54) is 60.7 Å². The van der Waals surface area contributed by atoms with E-state index in [0.29, 0.717) is 68.8 Å². The van der Waals surface area contributed by atoms with Gasteiger partial charge in [0, 0.05) is 111 Å². The molecule has 0 unspecified atom stereocenters. The fourth-order valence-corrected chi connectivity index (χ4v) is 13.4. The first-order chi connectivity index (χ1) is 60.3. The minimum Gasteiger partial charge on any atom is -0.373 e. The summed E-state index contributed by atoms with van der Waals surface area (Å²) in [6.07, 6.45) is -3.54. The molecule has 0 radical (unpaired) electrons. The molecule has 0 saturated heterocycles. The molecule has 8 aromatic heterocycles. The van der Waals surface area contributed by atoms with E-state index in [1.807, 2.05) is 127 Å². The molecule has 127 heavy (non-hydrogen) atoms. The SMILES string of the molecule is CCc1cc(-c2cccc(Cl)c2C)nc(N)n1.CCc1cc(-c2cccc(F)c2Cl)nc(N)n1.CCc1cc(-c2cccc(F)c2F)nc(N)n1.CCc1cc(-c2ccccc2C(F)(F)F)nc(N)n1.CCc1nc(N)nc(-c2cccc(Cl)c2Cl)c1C.CNc1cc(-c2cccc(C(F)(F)F)c2Cl)nc(N)n1.CNc1cc(-c2cccc3c2cnn3C)nc(N)n1. The van der Waals surface area contributed by atoms with Gasteiger partial charge in [-0.25, -0.2) is 73.0 Å². The van der Waals surface area contributed by atoms with Crippen molar-refractivity contribution in [1.82, 2.24) is 79.6 Å². The Morgan fingerprint density at radius 3 is 1.21 bits per heavy atom. The molecule has 0 spiro atoms. The fourth-order valence-electron chi connectivity index (χ4n) is 12.3. The predicted molar refractivity (Wildman–Crippen MR) is 488 cm³/mol. The molecule has 8 heterocycles. The van der Waals surface area contributed by atoms with E-state index in [9.17, 15) is 39.5 Å². The number of nitrogen functional groups attached to an aromatic ring is 7. The minimum atomic E-state index is -4.53. The summed E-state index contributed by atoms with van der Waals surface area (Å²) in [7, 11) is 5.33. The molecule has 660 valence electrons. The van der Waals surface area contributed by atoms with Gasteiger partial charge in [0.25, 0.3) is 0 Å². The van der Waals surface area contributed by atoms with E-state index >= 15 is 0 Å². The quantitative estimate of drug-likeness (QED) is 0.0457. The number of fused-ring (bicyclic) bond motifs is 1. The van der Waals surface area contributed by atoms with Crippen LogP contribution in [0.4, 0.5) is 92.8 Å². The average molecular weight is 1840 g/mol. The number of aryl methyl sites for hydroxylation is 6. The van der Waals surface area contributed by atoms with Gasteiger partial charge in [-0.2, -0.15) is 41.4 Å². The highest BCUT2D eigenvalue weighted by Gasteiger charge is 2.35. The molecular weight excluding hydrogens is 1760 g/mol. The van der Waals surface area contributed by atoms with Gasteiger partial charge in [-0.3, -0.25) is 4.68 Å². The Labute approximate surface area is 749 Å². The van der Waals surface area contributed by atoms with E-state index in [1.54, 1.807) is 44.4 Å². The second-order valence-electron chi connectivity index (χ2n) is 27.1. The summed E-state index contributed by atoms with van der Waals surface area (Å²) in [5, 5.41) is 12.4. The molecule has 7 aromatic carbocycles. The van der Waals surface area contributed by atoms with Gasteiger partial charge in [-0.05, 0) is 130 Å². The second-order valence-corrected chi connectivity index (χ2v) is 29.1. The Bertz CT molecular complexity index is 6150. The highest BCUT2D eigenvalue weighted by Crippen LogP contribution is 2.42. The lowest BCUT2D eigenvalue weighted by Gasteiger charge is -2.12. The van der Waals surface area contributed by atoms with Crippen LogP contribution >= 0.6 is 58.0 Å². The maximum Gasteiger partial charge on any atom is 0.417 e. The highest BCUT2D eigenvalue weighted by molar-refractivity contribution is 6.43. The van der Waals surface area contributed by atoms with Gasteiger partial charge >= 0.3 is 12.4 Å². The largest absolute Gasteiger partial charge is 0.417 e. The van der Waals surface area contributed by atoms with Crippen LogP contribution in [-0.4, -0.2) is 93.7 Å². The van der Waals surface area contributed by atoms with Crippen molar-refractivity contribution in [3.05, 3.63) is 269 Å². The van der Waals surface area contributed by atoms with Gasteiger partial charge in [0.2, 0.25) is 41.6 Å². The van der Waals surface area contributed by atoms with Crippen molar-refractivity contribution in [2.75, 3.05) is 64.9 Å². The maximum absolute atomic E-state index is 13.6. The Balaban J connectivity index is 0.000000168. The van der Waals surface area contributed by atoms with Gasteiger partial charge in [-0.15, -0.1) is 0 Å². The highest BCUT2D eigenvalue weighted by atomic mass is 35.5. The molecule has 15 rings (SSSR count). The Morgan fingerprint density at radius 1 is 0.346 bits per heavy atom. The Hall–Kier alpha value is -13.4. The van der Waals surface area contributed by atoms with Crippen LogP contribution in [0.2, 0.25) is 25.1 Å². The van der Waals surface area contributed by atoms with Crippen LogP contribution in [0.25, 0.3) is 89.7 Å². The molecule has 15 aromatic rings. The first kappa shape index (κ1) is 97.4. The molecule has 0 fully saturated rings. The van der Waals surface area contributed by atoms with Gasteiger partial charge in [0.1, 0.15) is 17.5 Å². The zero-order valence-electron chi connectivity index (χ0n) is 69.8. The van der Waals surface area contributed by atoms with Crippen molar-refractivity contribution in [3.8, 4) is 78.8 Å². The molecule has 0 aliphatic rings. The van der Waals surface area contributed by atoms with E-state index < -0.39 is 46.0 Å². The van der Waals surface area contributed by atoms with E-state index in [2.05, 4.69) is 85.5 Å². The zero-order chi connectivity index (χ0) is 92.9. The number of hydrogen-bond acceptors (Lipinski definition) is 24. The summed E-state index contributed by atoms with van der Waals surface area (Å²) in [6, 6.07) is 44.9. The molecule has 25 nitrogen and oxygen atoms in total. The van der Waals surface area contributed by atoms with Crippen molar-refractivity contribution in [2.24, 2.45) is 7.05 Å². The van der Waals surface area contributed by atoms with Crippen molar-refractivity contribution in [2.45, 2.75) is 92.9 Å². The van der Waals surface area contributed by atoms with Gasteiger partial charge in [0.15, 0.2) is 11.6 Å². The van der Waals surface area contributed by atoms with Crippen LogP contribution in [0.5, 0.6) is 0 Å². The van der Waals surface area contributed by atoms with Gasteiger partial charge < -0.3 is 50.8 Å². The topological polar surface area (TPSA) is 404 Å². The van der Waals surface area contributed by atoms with Crippen molar-refractivity contribution >= 4 is 122 Å². The number of aromatic nitrogens is 16. The van der Waals surface area contributed by atoms with Gasteiger partial charge in [0.05, 0.1) is 82.8 Å². The third-order valence-corrected chi connectivity index (χ3v) is 20.6. The number of halogens is 14. The number of benzene rings is 7. The number of hydrogen-bond donors (Lipinski definition) is 9. The third kappa shape index (κ3) is 25.5. The van der Waals surface area contributed by atoms with Crippen LogP contribution in [-0.2, 0) is 51.5 Å². The number of nitrogens with one attached hydrogen (secondary N) is 2. The number of nitrogens with zero attached hydrogens (tertiary/aromatic N) is 16. The predicted octanol–water partition coefficient (Wildman–Crippen LogP) is 21.2. The molecule has 0 atom stereocenters. The lowest BCUT2D eigenvalue weighted by molar-refractivity contribution is -0.138. The van der Waals surface area contributed by atoms with Crippen molar-refractivity contribution < 1.29 is 39.5 Å². The molecule has 0 aliphatic heterocycles. The third-order valence-electron chi connectivity index (χ3n) is 18.6. The summed E-state index contributed by atoms with van der Waals surface area (Å²) in [5.74, 6) is -0.256. The normalized spacial score (nSPS) is 10.9. The minimum absolute atomic E-state index is 0.0128. The van der Waals surface area contributed by atoms with Crippen LogP contribution in [0.15, 0.2) is 176 Å². The number of alkyl halides is 6. The van der Waals surface area contributed by atoms with Crippen LogP contribution in [0.3, 0.4) is 0 Å².